The van der Waals surface area contributed by atoms with Crippen LogP contribution in [0.25, 0.3) is 0 Å². The molecule has 5 nitrogen and oxygen atoms in total. The molecule has 1 saturated heterocycles. The van der Waals surface area contributed by atoms with Crippen LogP contribution >= 0.6 is 0 Å². The first-order chi connectivity index (χ1) is 14.7. The van der Waals surface area contributed by atoms with Crippen LogP contribution in [0.15, 0.2) is 72.8 Å². The number of morpholine rings is 1. The van der Waals surface area contributed by atoms with Crippen molar-refractivity contribution in [3.05, 3.63) is 89.5 Å². The smallest absolute Gasteiger partial charge is 0.255 e. The van der Waals surface area contributed by atoms with Gasteiger partial charge in [-0.05, 0) is 55.0 Å². The lowest BCUT2D eigenvalue weighted by Gasteiger charge is -2.28. The number of ether oxygens (including phenoxy) is 2. The number of carbonyl (C=O) groups is 1. The molecule has 4 rings (SSSR count). The van der Waals surface area contributed by atoms with E-state index in [9.17, 15) is 4.79 Å². The van der Waals surface area contributed by atoms with Gasteiger partial charge < -0.3 is 19.7 Å². The first-order valence-corrected chi connectivity index (χ1v) is 10.2. The number of nitrogens with zero attached hydrogens (tertiary/aromatic N) is 1. The lowest BCUT2D eigenvalue weighted by molar-refractivity contribution is 0.102. The van der Waals surface area contributed by atoms with Gasteiger partial charge in [0.1, 0.15) is 12.4 Å². The van der Waals surface area contributed by atoms with Gasteiger partial charge in [0.2, 0.25) is 0 Å². The van der Waals surface area contributed by atoms with Crippen LogP contribution in [-0.4, -0.2) is 32.2 Å². The van der Waals surface area contributed by atoms with Crippen molar-refractivity contribution >= 4 is 17.3 Å². The molecule has 0 saturated carbocycles. The molecule has 0 spiro atoms. The fourth-order valence-corrected chi connectivity index (χ4v) is 3.48. The van der Waals surface area contributed by atoms with Gasteiger partial charge in [-0.15, -0.1) is 0 Å². The summed E-state index contributed by atoms with van der Waals surface area (Å²) in [5.41, 5.74) is 4.77. The van der Waals surface area contributed by atoms with Gasteiger partial charge >= 0.3 is 0 Å². The van der Waals surface area contributed by atoms with E-state index in [0.29, 0.717) is 17.9 Å². The molecule has 3 aromatic carbocycles. The molecule has 1 N–H and O–H groups in total. The second-order valence-electron chi connectivity index (χ2n) is 7.41. The lowest BCUT2D eigenvalue weighted by atomic mass is 10.1. The molecule has 5 heteroatoms. The van der Waals surface area contributed by atoms with Crippen LogP contribution in [0.2, 0.25) is 0 Å². The molecule has 0 unspecified atom stereocenters. The predicted molar refractivity (Wildman–Crippen MR) is 119 cm³/mol. The quantitative estimate of drug-likeness (QED) is 0.651. The minimum Gasteiger partial charge on any atom is -0.489 e. The number of nitrogens with one attached hydrogen (secondary N) is 1. The standard InChI is InChI=1S/C25H26N2O3/c1-19-4-2-5-20(16-19)18-30-24-7-3-6-21(17-24)25(28)26-22-8-10-23(11-9-22)27-12-14-29-15-13-27/h2-11,16-17H,12-15,18H2,1H3,(H,26,28). The van der Waals surface area contributed by atoms with Crippen molar-refractivity contribution in [2.24, 2.45) is 0 Å². The van der Waals surface area contributed by atoms with Crippen molar-refractivity contribution in [2.75, 3.05) is 36.5 Å². The normalized spacial score (nSPS) is 13.7. The number of anilines is 2. The Morgan fingerprint density at radius 2 is 1.77 bits per heavy atom. The largest absolute Gasteiger partial charge is 0.489 e. The number of hydrogen-bond acceptors (Lipinski definition) is 4. The maximum absolute atomic E-state index is 12.7. The Hall–Kier alpha value is -3.31. The van der Waals surface area contributed by atoms with Gasteiger partial charge in [0.25, 0.3) is 5.91 Å². The van der Waals surface area contributed by atoms with Crippen LogP contribution in [-0.2, 0) is 11.3 Å². The number of rotatable bonds is 6. The third kappa shape index (κ3) is 5.19. The van der Waals surface area contributed by atoms with Crippen molar-refractivity contribution < 1.29 is 14.3 Å². The van der Waals surface area contributed by atoms with E-state index in [1.807, 2.05) is 48.5 Å². The zero-order valence-electron chi connectivity index (χ0n) is 17.1. The number of carbonyl (C=O) groups excluding carboxylic acids is 1. The molecule has 0 aliphatic carbocycles. The number of aryl methyl sites for hydroxylation is 1. The number of benzene rings is 3. The zero-order valence-corrected chi connectivity index (χ0v) is 17.1. The monoisotopic (exact) mass is 402 g/mol. The van der Waals surface area contributed by atoms with Crippen LogP contribution in [0.5, 0.6) is 5.75 Å². The summed E-state index contributed by atoms with van der Waals surface area (Å²) in [6, 6.07) is 23.4. The molecule has 0 atom stereocenters. The molecular weight excluding hydrogens is 376 g/mol. The molecule has 30 heavy (non-hydrogen) atoms. The van der Waals surface area contributed by atoms with E-state index in [-0.39, 0.29) is 5.91 Å². The summed E-state index contributed by atoms with van der Waals surface area (Å²) in [5.74, 6) is 0.516. The van der Waals surface area contributed by atoms with Crippen molar-refractivity contribution in [1.29, 1.82) is 0 Å². The second-order valence-corrected chi connectivity index (χ2v) is 7.41. The van der Waals surface area contributed by atoms with Crippen molar-refractivity contribution in [3.63, 3.8) is 0 Å². The van der Waals surface area contributed by atoms with E-state index >= 15 is 0 Å². The summed E-state index contributed by atoms with van der Waals surface area (Å²) in [6.45, 7) is 5.81. The summed E-state index contributed by atoms with van der Waals surface area (Å²) >= 11 is 0. The Labute approximate surface area is 177 Å². The highest BCUT2D eigenvalue weighted by atomic mass is 16.5. The third-order valence-electron chi connectivity index (χ3n) is 5.09. The molecule has 1 aliphatic heterocycles. The molecule has 0 radical (unpaired) electrons. The van der Waals surface area contributed by atoms with E-state index in [1.165, 1.54) is 5.56 Å². The highest BCUT2D eigenvalue weighted by Crippen LogP contribution is 2.21. The van der Waals surface area contributed by atoms with Gasteiger partial charge in [0.05, 0.1) is 13.2 Å². The van der Waals surface area contributed by atoms with E-state index in [2.05, 4.69) is 29.3 Å². The molecule has 3 aromatic rings. The fraction of sp³-hybridized carbons (Fsp3) is 0.240. The maximum Gasteiger partial charge on any atom is 0.255 e. The van der Waals surface area contributed by atoms with Crippen molar-refractivity contribution in [2.45, 2.75) is 13.5 Å². The lowest BCUT2D eigenvalue weighted by Crippen LogP contribution is -2.36. The zero-order chi connectivity index (χ0) is 20.8. The SMILES string of the molecule is Cc1cccc(COc2cccc(C(=O)Nc3ccc(N4CCOCC4)cc3)c2)c1. The van der Waals surface area contributed by atoms with Gasteiger partial charge in [-0.1, -0.05) is 35.9 Å². The molecule has 1 aliphatic rings. The molecular formula is C25H26N2O3. The van der Waals surface area contributed by atoms with E-state index in [1.54, 1.807) is 12.1 Å². The Kier molecular flexibility index (Phi) is 6.30. The fourth-order valence-electron chi connectivity index (χ4n) is 3.48. The van der Waals surface area contributed by atoms with Gasteiger partial charge in [0, 0.05) is 30.0 Å². The first kappa shape index (κ1) is 20.0. The van der Waals surface area contributed by atoms with Crippen molar-refractivity contribution in [3.8, 4) is 5.75 Å². The van der Waals surface area contributed by atoms with Crippen molar-refractivity contribution in [1.82, 2.24) is 0 Å². The summed E-state index contributed by atoms with van der Waals surface area (Å²) in [7, 11) is 0. The number of amides is 1. The Balaban J connectivity index is 1.36. The van der Waals surface area contributed by atoms with Crippen LogP contribution in [0.3, 0.4) is 0 Å². The highest BCUT2D eigenvalue weighted by Gasteiger charge is 2.12. The number of hydrogen-bond donors (Lipinski definition) is 1. The van der Waals surface area contributed by atoms with E-state index in [0.717, 1.165) is 43.2 Å². The third-order valence-corrected chi connectivity index (χ3v) is 5.09. The summed E-state index contributed by atoms with van der Waals surface area (Å²) in [4.78, 5) is 15.0. The molecule has 1 amide bonds. The summed E-state index contributed by atoms with van der Waals surface area (Å²) in [6.07, 6.45) is 0. The van der Waals surface area contributed by atoms with Crippen LogP contribution in [0.4, 0.5) is 11.4 Å². The maximum atomic E-state index is 12.7. The average Bonchev–Trinajstić information content (AvgIpc) is 2.79. The van der Waals surface area contributed by atoms with Gasteiger partial charge in [-0.3, -0.25) is 4.79 Å². The van der Waals surface area contributed by atoms with Gasteiger partial charge in [-0.2, -0.15) is 0 Å². The minimum absolute atomic E-state index is 0.157. The minimum atomic E-state index is -0.157. The van der Waals surface area contributed by atoms with E-state index in [4.69, 9.17) is 9.47 Å². The molecule has 1 fully saturated rings. The highest BCUT2D eigenvalue weighted by molar-refractivity contribution is 6.04. The molecule has 154 valence electrons. The molecule has 1 heterocycles. The van der Waals surface area contributed by atoms with Crippen LogP contribution in [0.1, 0.15) is 21.5 Å². The van der Waals surface area contributed by atoms with E-state index < -0.39 is 0 Å². The Morgan fingerprint density at radius 1 is 1.00 bits per heavy atom. The van der Waals surface area contributed by atoms with Crippen LogP contribution < -0.4 is 15.0 Å². The summed E-state index contributed by atoms with van der Waals surface area (Å²) in [5, 5.41) is 2.96. The Morgan fingerprint density at radius 3 is 2.53 bits per heavy atom. The first-order valence-electron chi connectivity index (χ1n) is 10.2. The average molecular weight is 402 g/mol. The predicted octanol–water partition coefficient (Wildman–Crippen LogP) is 4.66. The van der Waals surface area contributed by atoms with Gasteiger partial charge in [0.15, 0.2) is 0 Å². The molecule has 0 aromatic heterocycles. The Bertz CT molecular complexity index is 995. The van der Waals surface area contributed by atoms with Gasteiger partial charge in [-0.25, -0.2) is 0 Å². The summed E-state index contributed by atoms with van der Waals surface area (Å²) < 4.78 is 11.3. The second kappa shape index (κ2) is 9.46. The van der Waals surface area contributed by atoms with Crippen LogP contribution in [0, 0.1) is 6.92 Å². The topological polar surface area (TPSA) is 50.8 Å². The molecule has 0 bridgehead atoms.